The van der Waals surface area contributed by atoms with Crippen molar-refractivity contribution in [2.45, 2.75) is 0 Å². The maximum absolute atomic E-state index is 13.7. The summed E-state index contributed by atoms with van der Waals surface area (Å²) in [6.45, 7) is 0. The molecular formula is C20H15F2N3O3. The van der Waals surface area contributed by atoms with Crippen LogP contribution in [0.4, 0.5) is 26.0 Å². The molecule has 1 heterocycles. The first kappa shape index (κ1) is 19.0. The van der Waals surface area contributed by atoms with Crippen LogP contribution in [-0.2, 0) is 4.74 Å². The zero-order valence-corrected chi connectivity index (χ0v) is 14.7. The number of methoxy groups -OCH3 is 1. The van der Waals surface area contributed by atoms with E-state index in [1.54, 1.807) is 18.2 Å². The first-order chi connectivity index (χ1) is 13.5. The van der Waals surface area contributed by atoms with Gasteiger partial charge in [0.05, 0.1) is 23.9 Å². The zero-order valence-electron chi connectivity index (χ0n) is 14.7. The number of halogens is 2. The molecule has 3 aromatic rings. The molecule has 0 saturated carbocycles. The third-order valence-corrected chi connectivity index (χ3v) is 3.82. The van der Waals surface area contributed by atoms with Crippen molar-refractivity contribution >= 4 is 29.1 Å². The molecular weight excluding hydrogens is 368 g/mol. The number of nitrogens with one attached hydrogen (secondary N) is 2. The largest absolute Gasteiger partial charge is 0.465 e. The monoisotopic (exact) mass is 383 g/mol. The van der Waals surface area contributed by atoms with Gasteiger partial charge in [0, 0.05) is 6.20 Å². The molecule has 0 saturated heterocycles. The average Bonchev–Trinajstić information content (AvgIpc) is 2.71. The highest BCUT2D eigenvalue weighted by Gasteiger charge is 2.15. The van der Waals surface area contributed by atoms with E-state index in [0.29, 0.717) is 0 Å². The Balaban J connectivity index is 1.75. The number of aromatic nitrogens is 1. The molecule has 1 amide bonds. The number of anilines is 3. The summed E-state index contributed by atoms with van der Waals surface area (Å²) in [6.07, 6.45) is 1.25. The van der Waals surface area contributed by atoms with Gasteiger partial charge in [-0.3, -0.25) is 4.79 Å². The topological polar surface area (TPSA) is 80.3 Å². The predicted octanol–water partition coefficient (Wildman–Crippen LogP) is 4.14. The summed E-state index contributed by atoms with van der Waals surface area (Å²) in [5, 5.41) is 5.14. The molecule has 1 aromatic heterocycles. The fourth-order valence-corrected chi connectivity index (χ4v) is 2.42. The van der Waals surface area contributed by atoms with Crippen LogP contribution in [-0.4, -0.2) is 24.0 Å². The van der Waals surface area contributed by atoms with Gasteiger partial charge in [0.1, 0.15) is 23.1 Å². The van der Waals surface area contributed by atoms with E-state index in [1.165, 1.54) is 37.6 Å². The average molecular weight is 383 g/mol. The fraction of sp³-hybridized carbons (Fsp3) is 0.0500. The van der Waals surface area contributed by atoms with E-state index in [-0.39, 0.29) is 28.3 Å². The number of ether oxygens (including phenoxy) is 1. The van der Waals surface area contributed by atoms with Crippen LogP contribution >= 0.6 is 0 Å². The van der Waals surface area contributed by atoms with Crippen molar-refractivity contribution in [3.63, 3.8) is 0 Å². The van der Waals surface area contributed by atoms with Gasteiger partial charge >= 0.3 is 5.97 Å². The number of amides is 1. The van der Waals surface area contributed by atoms with E-state index in [2.05, 4.69) is 20.4 Å². The van der Waals surface area contributed by atoms with Gasteiger partial charge in [0.15, 0.2) is 0 Å². The summed E-state index contributed by atoms with van der Waals surface area (Å²) in [5.74, 6) is -2.45. The Morgan fingerprint density at radius 3 is 2.32 bits per heavy atom. The molecule has 8 heteroatoms. The van der Waals surface area contributed by atoms with Crippen molar-refractivity contribution in [2.24, 2.45) is 0 Å². The molecule has 2 N–H and O–H groups in total. The second-order valence-electron chi connectivity index (χ2n) is 5.65. The molecule has 0 radical (unpaired) electrons. The van der Waals surface area contributed by atoms with Crippen molar-refractivity contribution in [1.29, 1.82) is 0 Å². The number of carbonyl (C=O) groups is 2. The number of nitrogens with zero attached hydrogens (tertiary/aromatic N) is 1. The van der Waals surface area contributed by atoms with Crippen LogP contribution in [0.25, 0.3) is 0 Å². The zero-order chi connectivity index (χ0) is 20.1. The molecule has 142 valence electrons. The Bertz CT molecular complexity index is 1000. The highest BCUT2D eigenvalue weighted by atomic mass is 19.1. The second kappa shape index (κ2) is 8.26. The summed E-state index contributed by atoms with van der Waals surface area (Å²) in [5.41, 5.74) is 0.355. The molecule has 0 bridgehead atoms. The maximum Gasteiger partial charge on any atom is 0.339 e. The molecule has 6 nitrogen and oxygen atoms in total. The van der Waals surface area contributed by atoms with Gasteiger partial charge in [-0.2, -0.15) is 0 Å². The molecule has 0 atom stereocenters. The van der Waals surface area contributed by atoms with Crippen molar-refractivity contribution in [2.75, 3.05) is 17.7 Å². The molecule has 3 rings (SSSR count). The smallest absolute Gasteiger partial charge is 0.339 e. The third kappa shape index (κ3) is 4.12. The van der Waals surface area contributed by atoms with E-state index in [4.69, 9.17) is 0 Å². The van der Waals surface area contributed by atoms with Gasteiger partial charge in [-0.1, -0.05) is 18.2 Å². The molecule has 0 aliphatic rings. The number of hydrogen-bond acceptors (Lipinski definition) is 5. The van der Waals surface area contributed by atoms with E-state index in [1.807, 2.05) is 0 Å². The van der Waals surface area contributed by atoms with Gasteiger partial charge in [-0.25, -0.2) is 18.6 Å². The van der Waals surface area contributed by atoms with Gasteiger partial charge < -0.3 is 15.4 Å². The maximum atomic E-state index is 13.7. The van der Waals surface area contributed by atoms with Crippen LogP contribution in [0, 0.1) is 11.6 Å². The Hall–Kier alpha value is -3.81. The van der Waals surface area contributed by atoms with Gasteiger partial charge in [-0.05, 0) is 36.4 Å². The number of carbonyl (C=O) groups excluding carboxylic acids is 2. The summed E-state index contributed by atoms with van der Waals surface area (Å²) < 4.78 is 32.1. The molecule has 0 fully saturated rings. The van der Waals surface area contributed by atoms with Gasteiger partial charge in [-0.15, -0.1) is 0 Å². The molecule has 0 spiro atoms. The van der Waals surface area contributed by atoms with Crippen molar-refractivity contribution in [3.8, 4) is 0 Å². The van der Waals surface area contributed by atoms with Crippen LogP contribution in [0.3, 0.4) is 0 Å². The lowest BCUT2D eigenvalue weighted by molar-refractivity contribution is 0.0602. The van der Waals surface area contributed by atoms with Crippen molar-refractivity contribution < 1.29 is 23.1 Å². The molecule has 2 aromatic carbocycles. The van der Waals surface area contributed by atoms with Crippen LogP contribution < -0.4 is 10.6 Å². The number of hydrogen-bond donors (Lipinski definition) is 2. The first-order valence-corrected chi connectivity index (χ1v) is 8.15. The highest BCUT2D eigenvalue weighted by molar-refractivity contribution is 6.07. The van der Waals surface area contributed by atoms with Crippen molar-refractivity contribution in [3.05, 3.63) is 83.6 Å². The summed E-state index contributed by atoms with van der Waals surface area (Å²) in [4.78, 5) is 28.2. The quantitative estimate of drug-likeness (QED) is 0.647. The number of benzene rings is 2. The highest BCUT2D eigenvalue weighted by Crippen LogP contribution is 2.22. The summed E-state index contributed by atoms with van der Waals surface area (Å²) in [7, 11) is 1.25. The molecule has 0 aliphatic carbocycles. The normalized spacial score (nSPS) is 10.2. The SMILES string of the molecule is COC(=O)c1ccccc1NC(=O)c1ccc(Nc2c(F)cccc2F)nc1. The number of para-hydroxylation sites is 2. The minimum Gasteiger partial charge on any atom is -0.465 e. The Morgan fingerprint density at radius 2 is 1.68 bits per heavy atom. The van der Waals surface area contributed by atoms with E-state index >= 15 is 0 Å². The number of pyridine rings is 1. The molecule has 0 unspecified atom stereocenters. The number of esters is 1. The van der Waals surface area contributed by atoms with Gasteiger partial charge in [0.25, 0.3) is 5.91 Å². The van der Waals surface area contributed by atoms with Crippen LogP contribution in [0.2, 0.25) is 0 Å². The lowest BCUT2D eigenvalue weighted by Crippen LogP contribution is -2.15. The second-order valence-corrected chi connectivity index (χ2v) is 5.65. The fourth-order valence-electron chi connectivity index (χ4n) is 2.42. The Kier molecular flexibility index (Phi) is 5.59. The lowest BCUT2D eigenvalue weighted by atomic mass is 10.1. The Morgan fingerprint density at radius 1 is 0.964 bits per heavy atom. The minimum atomic E-state index is -0.761. The van der Waals surface area contributed by atoms with E-state index in [0.717, 1.165) is 12.1 Å². The number of rotatable bonds is 5. The minimum absolute atomic E-state index is 0.163. The third-order valence-electron chi connectivity index (χ3n) is 3.82. The lowest BCUT2D eigenvalue weighted by Gasteiger charge is -2.10. The predicted molar refractivity (Wildman–Crippen MR) is 99.6 cm³/mol. The van der Waals surface area contributed by atoms with E-state index < -0.39 is 23.5 Å². The van der Waals surface area contributed by atoms with Crippen LogP contribution in [0.1, 0.15) is 20.7 Å². The molecule has 0 aliphatic heterocycles. The van der Waals surface area contributed by atoms with Crippen molar-refractivity contribution in [1.82, 2.24) is 4.98 Å². The standard InChI is InChI=1S/C20H15F2N3O3/c1-28-20(27)13-5-2-3-8-16(13)24-19(26)12-9-10-17(23-11-12)25-18-14(21)6-4-7-15(18)22/h2-11H,1H3,(H,23,25)(H,24,26). The molecule has 28 heavy (non-hydrogen) atoms. The first-order valence-electron chi connectivity index (χ1n) is 8.15. The summed E-state index contributed by atoms with van der Waals surface area (Å²) >= 11 is 0. The Labute approximate surface area is 159 Å². The summed E-state index contributed by atoms with van der Waals surface area (Å²) in [6, 6.07) is 12.7. The van der Waals surface area contributed by atoms with Gasteiger partial charge in [0.2, 0.25) is 0 Å². The van der Waals surface area contributed by atoms with Crippen LogP contribution in [0.5, 0.6) is 0 Å². The van der Waals surface area contributed by atoms with Crippen LogP contribution in [0.15, 0.2) is 60.8 Å². The van der Waals surface area contributed by atoms with E-state index in [9.17, 15) is 18.4 Å².